The van der Waals surface area contributed by atoms with Gasteiger partial charge in [0.15, 0.2) is 5.84 Å². The third kappa shape index (κ3) is 5.70. The molecule has 7 heteroatoms. The highest BCUT2D eigenvalue weighted by Gasteiger charge is 2.39. The number of amidine groups is 1. The summed E-state index contributed by atoms with van der Waals surface area (Å²) in [5.74, 6) is 1.90. The molecule has 2 aliphatic heterocycles. The van der Waals surface area contributed by atoms with Gasteiger partial charge < -0.3 is 9.16 Å². The lowest BCUT2D eigenvalue weighted by Crippen LogP contribution is -2.43. The van der Waals surface area contributed by atoms with Crippen molar-refractivity contribution in [2.45, 2.75) is 45.3 Å². The third-order valence-electron chi connectivity index (χ3n) is 7.58. The fourth-order valence-electron chi connectivity index (χ4n) is 4.30. The molecular formula is C33H35N3O3Si. The van der Waals surface area contributed by atoms with Crippen molar-refractivity contribution in [3.8, 4) is 11.5 Å². The van der Waals surface area contributed by atoms with Crippen LogP contribution in [0.3, 0.4) is 0 Å². The first-order chi connectivity index (χ1) is 19.0. The minimum atomic E-state index is -2.02. The second-order valence-electron chi connectivity index (χ2n) is 11.5. The van der Waals surface area contributed by atoms with Gasteiger partial charge in [0, 0.05) is 18.2 Å². The van der Waals surface area contributed by atoms with Crippen molar-refractivity contribution in [2.24, 2.45) is 9.98 Å². The summed E-state index contributed by atoms with van der Waals surface area (Å²) < 4.78 is 11.9. The molecule has 5 rings (SSSR count). The molecule has 2 heterocycles. The normalized spacial score (nSPS) is 16.4. The molecule has 0 N–H and O–H groups in total. The van der Waals surface area contributed by atoms with Crippen molar-refractivity contribution in [3.05, 3.63) is 107 Å². The van der Waals surface area contributed by atoms with Crippen LogP contribution in [0.4, 0.5) is 0 Å². The van der Waals surface area contributed by atoms with E-state index in [-0.39, 0.29) is 10.9 Å². The zero-order valence-corrected chi connectivity index (χ0v) is 24.9. The lowest BCUT2D eigenvalue weighted by molar-refractivity contribution is -0.120. The number of ether oxygens (including phenoxy) is 1. The quantitative estimate of drug-likeness (QED) is 0.229. The first kappa shape index (κ1) is 27.3. The second kappa shape index (κ2) is 10.7. The van der Waals surface area contributed by atoms with Crippen LogP contribution in [-0.2, 0) is 11.2 Å². The van der Waals surface area contributed by atoms with Crippen molar-refractivity contribution in [1.82, 2.24) is 4.90 Å². The van der Waals surface area contributed by atoms with E-state index in [0.717, 1.165) is 33.9 Å². The minimum Gasteiger partial charge on any atom is -0.543 e. The van der Waals surface area contributed by atoms with E-state index in [1.54, 1.807) is 24.3 Å². The van der Waals surface area contributed by atoms with Gasteiger partial charge >= 0.3 is 0 Å². The lowest BCUT2D eigenvalue weighted by atomic mass is 10.0. The third-order valence-corrected chi connectivity index (χ3v) is 11.9. The van der Waals surface area contributed by atoms with Crippen LogP contribution >= 0.6 is 0 Å². The van der Waals surface area contributed by atoms with Gasteiger partial charge in [-0.25, -0.2) is 9.98 Å². The van der Waals surface area contributed by atoms with Crippen LogP contribution in [0.2, 0.25) is 18.1 Å². The minimum absolute atomic E-state index is 0.0763. The fourth-order valence-corrected chi connectivity index (χ4v) is 5.32. The Balaban J connectivity index is 1.53. The number of nitrogens with zero attached hydrogens (tertiary/aromatic N) is 3. The van der Waals surface area contributed by atoms with Gasteiger partial charge in [0.2, 0.25) is 8.32 Å². The maximum Gasteiger partial charge on any atom is 0.282 e. The van der Waals surface area contributed by atoms with E-state index in [1.807, 2.05) is 66.7 Å². The Morgan fingerprint density at radius 3 is 2.35 bits per heavy atom. The van der Waals surface area contributed by atoms with E-state index in [9.17, 15) is 4.79 Å². The number of fused-ring (bicyclic) bond motifs is 1. The van der Waals surface area contributed by atoms with Crippen molar-refractivity contribution >= 4 is 37.5 Å². The van der Waals surface area contributed by atoms with Gasteiger partial charge in [0.25, 0.3) is 5.91 Å². The molecule has 204 valence electrons. The molecular weight excluding hydrogens is 514 g/mol. The van der Waals surface area contributed by atoms with Gasteiger partial charge in [-0.15, -0.1) is 0 Å². The second-order valence-corrected chi connectivity index (χ2v) is 16.3. The maximum absolute atomic E-state index is 13.6. The van der Waals surface area contributed by atoms with Gasteiger partial charge in [-0.05, 0) is 59.6 Å². The van der Waals surface area contributed by atoms with E-state index < -0.39 is 8.32 Å². The van der Waals surface area contributed by atoms with Gasteiger partial charge in [-0.1, -0.05) is 75.4 Å². The van der Waals surface area contributed by atoms with Crippen LogP contribution in [0, 0.1) is 0 Å². The predicted octanol–water partition coefficient (Wildman–Crippen LogP) is 7.36. The number of hydrogen-bond acceptors (Lipinski definition) is 5. The average Bonchev–Trinajstić information content (AvgIpc) is 3.24. The van der Waals surface area contributed by atoms with E-state index in [4.69, 9.17) is 19.1 Å². The van der Waals surface area contributed by atoms with E-state index in [0.29, 0.717) is 23.7 Å². The summed E-state index contributed by atoms with van der Waals surface area (Å²) in [7, 11) is -0.400. The van der Waals surface area contributed by atoms with Gasteiger partial charge in [0.05, 0.1) is 18.5 Å². The standard InChI is InChI=1S/C33H35N3O3Si/c1-33(2,3)40(5,6)39-27-17-11-15-25(21-27)30-22-36-31(28(34-30)19-23-12-8-7-9-13-23)35-29(32(36)37)20-24-14-10-16-26(18-24)38-4/h7-18,20-22H,19H2,1-6H3. The molecule has 0 radical (unpaired) electrons. The summed E-state index contributed by atoms with van der Waals surface area (Å²) in [6.45, 7) is 11.1. The van der Waals surface area contributed by atoms with Gasteiger partial charge in [0.1, 0.15) is 17.2 Å². The summed E-state index contributed by atoms with van der Waals surface area (Å²) in [6.07, 6.45) is 4.12. The number of carbonyl (C=O) groups excluding carboxylic acids is 1. The molecule has 0 aromatic heterocycles. The Hall–Kier alpha value is -4.23. The number of amides is 1. The van der Waals surface area contributed by atoms with Crippen LogP contribution < -0.4 is 9.16 Å². The summed E-state index contributed by atoms with van der Waals surface area (Å²) in [6, 6.07) is 25.7. The number of rotatable bonds is 7. The molecule has 40 heavy (non-hydrogen) atoms. The molecule has 0 bridgehead atoms. The Morgan fingerprint density at radius 1 is 0.900 bits per heavy atom. The molecule has 0 aliphatic carbocycles. The zero-order chi connectivity index (χ0) is 28.5. The number of benzene rings is 3. The molecule has 3 aromatic rings. The molecule has 0 fully saturated rings. The van der Waals surface area contributed by atoms with E-state index in [1.165, 1.54) is 0 Å². The molecule has 3 aromatic carbocycles. The highest BCUT2D eigenvalue weighted by Crippen LogP contribution is 2.38. The first-order valence-electron chi connectivity index (χ1n) is 13.5. The molecule has 0 saturated carbocycles. The summed E-state index contributed by atoms with van der Waals surface area (Å²) in [4.78, 5) is 25.1. The summed E-state index contributed by atoms with van der Waals surface area (Å²) in [5.41, 5.74) is 4.62. The van der Waals surface area contributed by atoms with E-state index in [2.05, 4.69) is 46.0 Å². The molecule has 0 unspecified atom stereocenters. The van der Waals surface area contributed by atoms with Crippen molar-refractivity contribution in [2.75, 3.05) is 7.11 Å². The molecule has 0 atom stereocenters. The van der Waals surface area contributed by atoms with Crippen LogP contribution in [0.1, 0.15) is 37.5 Å². The van der Waals surface area contributed by atoms with Gasteiger partial charge in [-0.3, -0.25) is 9.69 Å². The molecule has 0 spiro atoms. The highest BCUT2D eigenvalue weighted by atomic mass is 28.4. The Labute approximate surface area is 237 Å². The van der Waals surface area contributed by atoms with Crippen molar-refractivity contribution in [1.29, 1.82) is 0 Å². The van der Waals surface area contributed by atoms with Crippen LogP contribution in [-0.4, -0.2) is 37.8 Å². The predicted molar refractivity (Wildman–Crippen MR) is 165 cm³/mol. The van der Waals surface area contributed by atoms with Gasteiger partial charge in [-0.2, -0.15) is 0 Å². The van der Waals surface area contributed by atoms with Crippen LogP contribution in [0.15, 0.2) is 101 Å². The number of hydrogen-bond donors (Lipinski definition) is 0. The Bertz CT molecular complexity index is 1560. The Morgan fingerprint density at radius 2 is 1.62 bits per heavy atom. The number of methoxy groups -OCH3 is 1. The van der Waals surface area contributed by atoms with E-state index >= 15 is 0 Å². The summed E-state index contributed by atoms with van der Waals surface area (Å²) >= 11 is 0. The number of aliphatic imine (C=N–C) groups is 2. The molecule has 2 aliphatic rings. The zero-order valence-electron chi connectivity index (χ0n) is 23.9. The highest BCUT2D eigenvalue weighted by molar-refractivity contribution is 6.74. The number of carbonyl (C=O) groups is 1. The van der Waals surface area contributed by atoms with Crippen molar-refractivity contribution < 1.29 is 14.0 Å². The topological polar surface area (TPSA) is 63.5 Å². The first-order valence-corrected chi connectivity index (χ1v) is 16.4. The SMILES string of the molecule is COc1cccc(C=C2N=C3C(Cc4ccccc4)=NC(c4cccc(O[Si](C)(C)C(C)(C)C)c4)=CN3C2=O)c1. The smallest absolute Gasteiger partial charge is 0.282 e. The largest absolute Gasteiger partial charge is 0.543 e. The van der Waals surface area contributed by atoms with Crippen LogP contribution in [0.5, 0.6) is 11.5 Å². The van der Waals surface area contributed by atoms with Crippen molar-refractivity contribution in [3.63, 3.8) is 0 Å². The average molecular weight is 550 g/mol. The fraction of sp³-hybridized carbons (Fsp3) is 0.242. The summed E-state index contributed by atoms with van der Waals surface area (Å²) in [5, 5.41) is 0.0763. The molecule has 0 saturated heterocycles. The van der Waals surface area contributed by atoms with Crippen LogP contribution in [0.25, 0.3) is 11.8 Å². The lowest BCUT2D eigenvalue weighted by Gasteiger charge is -2.36. The molecule has 6 nitrogen and oxygen atoms in total. The maximum atomic E-state index is 13.6. The monoisotopic (exact) mass is 549 g/mol. The molecule has 1 amide bonds. The Kier molecular flexibility index (Phi) is 7.34.